The van der Waals surface area contributed by atoms with Crippen molar-refractivity contribution in [3.8, 4) is 11.1 Å². The van der Waals surface area contributed by atoms with Gasteiger partial charge in [0.25, 0.3) is 5.56 Å². The number of aromatic amines is 1. The van der Waals surface area contributed by atoms with Crippen molar-refractivity contribution in [2.45, 2.75) is 13.1 Å². The molecule has 0 bridgehead atoms. The van der Waals surface area contributed by atoms with E-state index in [1.807, 2.05) is 67.0 Å². The molecule has 0 fully saturated rings. The Morgan fingerprint density at radius 2 is 1.81 bits per heavy atom. The van der Waals surface area contributed by atoms with Gasteiger partial charge in [-0.05, 0) is 30.3 Å². The lowest BCUT2D eigenvalue weighted by atomic mass is 10.1. The molecule has 6 heteroatoms. The van der Waals surface area contributed by atoms with E-state index in [4.69, 9.17) is 11.6 Å². The molecular formula is C21H18ClN3OS. The molecule has 0 aliphatic carbocycles. The molecule has 4 rings (SSSR count). The summed E-state index contributed by atoms with van der Waals surface area (Å²) < 4.78 is 0. The van der Waals surface area contributed by atoms with Crippen LogP contribution in [0.15, 0.2) is 64.8 Å². The highest BCUT2D eigenvalue weighted by Gasteiger charge is 2.13. The molecule has 4 aromatic rings. The minimum atomic E-state index is -0.0880. The lowest BCUT2D eigenvalue weighted by Crippen LogP contribution is -2.21. The number of hydrogen-bond acceptors (Lipinski definition) is 4. The molecule has 0 atom stereocenters. The zero-order chi connectivity index (χ0) is 18.8. The Bertz CT molecular complexity index is 1120. The molecule has 2 aromatic heterocycles. The average Bonchev–Trinajstić information content (AvgIpc) is 3.09. The second-order valence-corrected chi connectivity index (χ2v) is 7.80. The molecule has 0 spiro atoms. The monoisotopic (exact) mass is 395 g/mol. The first-order valence-electron chi connectivity index (χ1n) is 8.59. The van der Waals surface area contributed by atoms with Crippen molar-refractivity contribution in [3.05, 3.63) is 86.7 Å². The highest BCUT2D eigenvalue weighted by molar-refractivity contribution is 7.17. The largest absolute Gasteiger partial charge is 0.309 e. The topological polar surface area (TPSA) is 49.0 Å². The molecule has 1 N–H and O–H groups in total. The first-order chi connectivity index (χ1) is 13.1. The van der Waals surface area contributed by atoms with Gasteiger partial charge in [-0.2, -0.15) is 0 Å². The quantitative estimate of drug-likeness (QED) is 0.520. The van der Waals surface area contributed by atoms with Gasteiger partial charge in [0.05, 0.1) is 11.9 Å². The number of nitrogens with zero attached hydrogens (tertiary/aromatic N) is 2. The van der Waals surface area contributed by atoms with Crippen LogP contribution in [0.2, 0.25) is 5.02 Å². The maximum absolute atomic E-state index is 12.7. The summed E-state index contributed by atoms with van der Waals surface area (Å²) in [6, 6.07) is 17.7. The Hall–Kier alpha value is -2.47. The molecule has 2 aromatic carbocycles. The van der Waals surface area contributed by atoms with Crippen LogP contribution < -0.4 is 5.56 Å². The number of halogens is 1. The summed E-state index contributed by atoms with van der Waals surface area (Å²) in [6.45, 7) is 1.31. The second kappa shape index (κ2) is 7.64. The van der Waals surface area contributed by atoms with E-state index < -0.39 is 0 Å². The fourth-order valence-corrected chi connectivity index (χ4v) is 4.20. The molecule has 0 aliphatic heterocycles. The number of H-pyrrole nitrogens is 1. The van der Waals surface area contributed by atoms with Gasteiger partial charge in [0.2, 0.25) is 0 Å². The van der Waals surface area contributed by atoms with Crippen LogP contribution in [-0.4, -0.2) is 21.9 Å². The molecule has 0 unspecified atom stereocenters. The van der Waals surface area contributed by atoms with Crippen molar-refractivity contribution in [1.29, 1.82) is 0 Å². The Balaban J connectivity index is 1.58. The standard InChI is InChI=1S/C21H18ClN3OS/c1-25(11-14-7-9-16(22)10-8-14)12-18-23-20(26)19-17(13-27-21(19)24-18)15-5-3-2-4-6-15/h2-10,13H,11-12H2,1H3,(H,23,24,26). The van der Waals surface area contributed by atoms with Gasteiger partial charge in [-0.25, -0.2) is 4.98 Å². The van der Waals surface area contributed by atoms with E-state index in [2.05, 4.69) is 14.9 Å². The van der Waals surface area contributed by atoms with E-state index in [-0.39, 0.29) is 5.56 Å². The highest BCUT2D eigenvalue weighted by Crippen LogP contribution is 2.30. The summed E-state index contributed by atoms with van der Waals surface area (Å²) in [4.78, 5) is 23.2. The first kappa shape index (κ1) is 17.9. The predicted octanol–water partition coefficient (Wildman–Crippen LogP) is 4.94. The van der Waals surface area contributed by atoms with Crippen molar-refractivity contribution in [1.82, 2.24) is 14.9 Å². The summed E-state index contributed by atoms with van der Waals surface area (Å²) >= 11 is 7.44. The lowest BCUT2D eigenvalue weighted by molar-refractivity contribution is 0.311. The van der Waals surface area contributed by atoms with Crippen LogP contribution in [0.4, 0.5) is 0 Å². The van der Waals surface area contributed by atoms with Crippen LogP contribution in [0, 0.1) is 0 Å². The minimum Gasteiger partial charge on any atom is -0.309 e. The number of hydrogen-bond donors (Lipinski definition) is 1. The molecule has 136 valence electrons. The third-order valence-corrected chi connectivity index (χ3v) is 5.49. The molecule has 0 saturated heterocycles. The van der Waals surface area contributed by atoms with Crippen molar-refractivity contribution >= 4 is 33.2 Å². The number of benzene rings is 2. The smallest absolute Gasteiger partial charge is 0.260 e. The summed E-state index contributed by atoms with van der Waals surface area (Å²) in [7, 11) is 2.00. The van der Waals surface area contributed by atoms with Gasteiger partial charge in [0.15, 0.2) is 0 Å². The lowest BCUT2D eigenvalue weighted by Gasteiger charge is -2.16. The molecule has 4 nitrogen and oxygen atoms in total. The average molecular weight is 396 g/mol. The van der Waals surface area contributed by atoms with Gasteiger partial charge in [0.1, 0.15) is 10.7 Å². The van der Waals surface area contributed by atoms with Gasteiger partial charge in [0, 0.05) is 22.5 Å². The normalized spacial score (nSPS) is 11.4. The number of rotatable bonds is 5. The first-order valence-corrected chi connectivity index (χ1v) is 9.85. The molecule has 2 heterocycles. The third kappa shape index (κ3) is 3.95. The second-order valence-electron chi connectivity index (χ2n) is 6.51. The molecule has 0 saturated carbocycles. The number of aromatic nitrogens is 2. The SMILES string of the molecule is CN(Cc1ccc(Cl)cc1)Cc1nc2scc(-c3ccccc3)c2c(=O)[nH]1. The number of fused-ring (bicyclic) bond motifs is 1. The van der Waals surface area contributed by atoms with Gasteiger partial charge < -0.3 is 4.98 Å². The number of nitrogens with one attached hydrogen (secondary N) is 1. The minimum absolute atomic E-state index is 0.0880. The van der Waals surface area contributed by atoms with Gasteiger partial charge >= 0.3 is 0 Å². The molecule has 0 radical (unpaired) electrons. The predicted molar refractivity (Wildman–Crippen MR) is 112 cm³/mol. The Morgan fingerprint density at radius 3 is 2.56 bits per heavy atom. The fourth-order valence-electron chi connectivity index (χ4n) is 3.11. The summed E-state index contributed by atoms with van der Waals surface area (Å²) in [5.74, 6) is 0.672. The van der Waals surface area contributed by atoms with Crippen LogP contribution in [-0.2, 0) is 13.1 Å². The fraction of sp³-hybridized carbons (Fsp3) is 0.143. The van der Waals surface area contributed by atoms with E-state index in [0.29, 0.717) is 17.8 Å². The number of thiophene rings is 1. The highest BCUT2D eigenvalue weighted by atomic mass is 35.5. The van der Waals surface area contributed by atoms with Gasteiger partial charge in [-0.1, -0.05) is 54.1 Å². The molecule has 0 aliphatic rings. The summed E-state index contributed by atoms with van der Waals surface area (Å²) in [5.41, 5.74) is 3.04. The van der Waals surface area contributed by atoms with Crippen molar-refractivity contribution in [2.24, 2.45) is 0 Å². The zero-order valence-corrected chi connectivity index (χ0v) is 16.3. The van der Waals surface area contributed by atoms with Crippen molar-refractivity contribution in [2.75, 3.05) is 7.05 Å². The van der Waals surface area contributed by atoms with E-state index in [9.17, 15) is 4.79 Å². The third-order valence-electron chi connectivity index (χ3n) is 4.36. The van der Waals surface area contributed by atoms with Crippen LogP contribution in [0.5, 0.6) is 0 Å². The summed E-state index contributed by atoms with van der Waals surface area (Å²) in [6.07, 6.45) is 0. The van der Waals surface area contributed by atoms with E-state index in [1.165, 1.54) is 11.3 Å². The van der Waals surface area contributed by atoms with Crippen molar-refractivity contribution in [3.63, 3.8) is 0 Å². The van der Waals surface area contributed by atoms with Crippen LogP contribution in [0.25, 0.3) is 21.3 Å². The van der Waals surface area contributed by atoms with Crippen LogP contribution in [0.1, 0.15) is 11.4 Å². The van der Waals surface area contributed by atoms with Gasteiger partial charge in [-0.3, -0.25) is 9.69 Å². The Labute approximate surface area is 166 Å². The zero-order valence-electron chi connectivity index (χ0n) is 14.8. The van der Waals surface area contributed by atoms with E-state index in [0.717, 1.165) is 33.1 Å². The maximum atomic E-state index is 12.7. The van der Waals surface area contributed by atoms with Gasteiger partial charge in [-0.15, -0.1) is 11.3 Å². The van der Waals surface area contributed by atoms with E-state index in [1.54, 1.807) is 0 Å². The maximum Gasteiger partial charge on any atom is 0.260 e. The molecule has 0 amide bonds. The Morgan fingerprint density at radius 1 is 1.07 bits per heavy atom. The molecular weight excluding hydrogens is 378 g/mol. The molecule has 27 heavy (non-hydrogen) atoms. The van der Waals surface area contributed by atoms with E-state index >= 15 is 0 Å². The summed E-state index contributed by atoms with van der Waals surface area (Å²) in [5, 5.41) is 3.39. The van der Waals surface area contributed by atoms with Crippen LogP contribution >= 0.6 is 22.9 Å². The van der Waals surface area contributed by atoms with Crippen LogP contribution in [0.3, 0.4) is 0 Å². The van der Waals surface area contributed by atoms with Crippen molar-refractivity contribution < 1.29 is 0 Å². The Kier molecular flexibility index (Phi) is 5.07.